The molecule has 6 nitrogen and oxygen atoms in total. The summed E-state index contributed by atoms with van der Waals surface area (Å²) in [5.41, 5.74) is 1.31. The molecule has 0 spiro atoms. The average molecular weight is 401 g/mol. The first kappa shape index (κ1) is 21.2. The minimum atomic E-state index is -3.06. The van der Waals surface area contributed by atoms with Crippen molar-refractivity contribution in [1.82, 2.24) is 15.1 Å². The molecule has 1 unspecified atom stereocenters. The lowest BCUT2D eigenvalue weighted by Gasteiger charge is -2.39. The Bertz CT molecular complexity index is 695. The van der Waals surface area contributed by atoms with Gasteiger partial charge in [-0.1, -0.05) is 13.8 Å². The van der Waals surface area contributed by atoms with Crippen LogP contribution in [0, 0.1) is 0 Å². The van der Waals surface area contributed by atoms with Gasteiger partial charge in [0.2, 0.25) is 0 Å². The van der Waals surface area contributed by atoms with Crippen LogP contribution in [-0.4, -0.2) is 74.4 Å². The highest BCUT2D eigenvalue weighted by molar-refractivity contribution is 7.92. The Kier molecular flexibility index (Phi) is 7.10. The molecule has 0 radical (unpaired) electrons. The van der Waals surface area contributed by atoms with E-state index in [-0.39, 0.29) is 11.8 Å². The van der Waals surface area contributed by atoms with Crippen LogP contribution >= 0.6 is 11.3 Å². The lowest BCUT2D eigenvalue weighted by Crippen LogP contribution is -2.57. The summed E-state index contributed by atoms with van der Waals surface area (Å²) in [6.07, 6.45) is 0. The largest absolute Gasteiger partial charge is 0.354 e. The molecule has 0 aliphatic carbocycles. The Morgan fingerprint density at radius 2 is 2.12 bits per heavy atom. The molecule has 1 atom stereocenters. The van der Waals surface area contributed by atoms with Gasteiger partial charge in [0.05, 0.1) is 16.5 Å². The van der Waals surface area contributed by atoms with E-state index in [0.717, 1.165) is 25.6 Å². The minimum absolute atomic E-state index is 0.171. The van der Waals surface area contributed by atoms with Gasteiger partial charge in [0.25, 0.3) is 0 Å². The molecule has 1 saturated heterocycles. The van der Waals surface area contributed by atoms with Crippen molar-refractivity contribution in [3.63, 3.8) is 0 Å². The Morgan fingerprint density at radius 1 is 1.42 bits per heavy atom. The quantitative estimate of drug-likeness (QED) is 0.586. The van der Waals surface area contributed by atoms with Gasteiger partial charge >= 0.3 is 0 Å². The van der Waals surface area contributed by atoms with Crippen LogP contribution in [0.3, 0.4) is 0 Å². The molecular weight excluding hydrogens is 368 g/mol. The third-order valence-electron chi connectivity index (χ3n) is 5.19. The highest BCUT2D eigenvalue weighted by Gasteiger charge is 2.41. The number of nitrogens with one attached hydrogen (secondary N) is 1. The fourth-order valence-corrected chi connectivity index (χ4v) is 5.50. The number of nitrogens with zero attached hydrogens (tertiary/aromatic N) is 3. The standard InChI is InChI=1S/C18H32N4O2S2/c1-6-21(7-2)16(15-8-10-25-13-15)12-20-17(19-5)22-9-11-26(23,24)18(3,4)14-22/h8,10,13,16H,6-7,9,11-12,14H2,1-5H3,(H,19,20). The van der Waals surface area contributed by atoms with Crippen molar-refractivity contribution in [2.75, 3.05) is 45.5 Å². The molecule has 2 heterocycles. The molecule has 1 fully saturated rings. The van der Waals surface area contributed by atoms with Gasteiger partial charge in [-0.25, -0.2) is 8.42 Å². The van der Waals surface area contributed by atoms with Gasteiger partial charge in [0.1, 0.15) is 0 Å². The molecule has 1 aromatic heterocycles. The van der Waals surface area contributed by atoms with Crippen molar-refractivity contribution in [3.05, 3.63) is 22.4 Å². The lowest BCUT2D eigenvalue weighted by atomic mass is 10.1. The predicted octanol–water partition coefficient (Wildman–Crippen LogP) is 2.22. The van der Waals surface area contributed by atoms with Crippen molar-refractivity contribution in [2.45, 2.75) is 38.5 Å². The highest BCUT2D eigenvalue weighted by atomic mass is 32.2. The van der Waals surface area contributed by atoms with E-state index in [0.29, 0.717) is 13.1 Å². The lowest BCUT2D eigenvalue weighted by molar-refractivity contribution is 0.217. The van der Waals surface area contributed by atoms with Gasteiger partial charge in [0, 0.05) is 26.7 Å². The van der Waals surface area contributed by atoms with Crippen molar-refractivity contribution in [1.29, 1.82) is 0 Å². The highest BCUT2D eigenvalue weighted by Crippen LogP contribution is 2.25. The monoisotopic (exact) mass is 400 g/mol. The van der Waals surface area contributed by atoms with Crippen LogP contribution in [-0.2, 0) is 9.84 Å². The summed E-state index contributed by atoms with van der Waals surface area (Å²) in [7, 11) is -1.30. The fraction of sp³-hybridized carbons (Fsp3) is 0.722. The molecule has 26 heavy (non-hydrogen) atoms. The van der Waals surface area contributed by atoms with Crippen LogP contribution in [0.4, 0.5) is 0 Å². The summed E-state index contributed by atoms with van der Waals surface area (Å²) in [4.78, 5) is 8.90. The topological polar surface area (TPSA) is 65.0 Å². The molecule has 8 heteroatoms. The van der Waals surface area contributed by atoms with Gasteiger partial charge in [-0.15, -0.1) is 0 Å². The van der Waals surface area contributed by atoms with Gasteiger partial charge in [-0.05, 0) is 49.3 Å². The first-order valence-corrected chi connectivity index (χ1v) is 11.8. The molecule has 1 aromatic rings. The van der Waals surface area contributed by atoms with Gasteiger partial charge < -0.3 is 10.2 Å². The Morgan fingerprint density at radius 3 is 2.62 bits per heavy atom. The van der Waals surface area contributed by atoms with E-state index in [4.69, 9.17) is 0 Å². The third kappa shape index (κ3) is 4.58. The number of aliphatic imine (C=N–C) groups is 1. The van der Waals surface area contributed by atoms with E-state index in [2.05, 4.69) is 50.8 Å². The van der Waals surface area contributed by atoms with Crippen molar-refractivity contribution in [2.24, 2.45) is 4.99 Å². The summed E-state index contributed by atoms with van der Waals surface area (Å²) < 4.78 is 23.8. The predicted molar refractivity (Wildman–Crippen MR) is 111 cm³/mol. The van der Waals surface area contributed by atoms with E-state index >= 15 is 0 Å². The maximum Gasteiger partial charge on any atom is 0.193 e. The molecule has 1 aliphatic rings. The van der Waals surface area contributed by atoms with E-state index in [1.807, 2.05) is 0 Å². The number of likely N-dealkylation sites (N-methyl/N-ethyl adjacent to an activating group) is 1. The second-order valence-electron chi connectivity index (χ2n) is 7.22. The van der Waals surface area contributed by atoms with Crippen LogP contribution in [0.2, 0.25) is 0 Å². The van der Waals surface area contributed by atoms with Crippen LogP contribution in [0.1, 0.15) is 39.3 Å². The second kappa shape index (κ2) is 8.71. The van der Waals surface area contributed by atoms with Crippen LogP contribution in [0.25, 0.3) is 0 Å². The molecule has 2 rings (SSSR count). The normalized spacial score (nSPS) is 21.0. The van der Waals surface area contributed by atoms with Gasteiger partial charge in [-0.2, -0.15) is 11.3 Å². The van der Waals surface area contributed by atoms with E-state index < -0.39 is 14.6 Å². The number of hydrogen-bond donors (Lipinski definition) is 1. The summed E-state index contributed by atoms with van der Waals surface area (Å²) in [5, 5.41) is 7.79. The third-order valence-corrected chi connectivity index (χ3v) is 8.42. The smallest absolute Gasteiger partial charge is 0.193 e. The molecule has 0 aromatic carbocycles. The van der Waals surface area contributed by atoms with Crippen molar-refractivity contribution >= 4 is 27.1 Å². The van der Waals surface area contributed by atoms with Crippen molar-refractivity contribution < 1.29 is 8.42 Å². The summed E-state index contributed by atoms with van der Waals surface area (Å²) in [6, 6.07) is 2.45. The number of sulfone groups is 1. The number of rotatable bonds is 6. The zero-order valence-corrected chi connectivity index (χ0v) is 18.2. The Labute approximate surface area is 162 Å². The minimum Gasteiger partial charge on any atom is -0.354 e. The Balaban J connectivity index is 2.10. The summed E-state index contributed by atoms with van der Waals surface area (Å²) in [5.74, 6) is 0.949. The maximum atomic E-state index is 12.3. The maximum absolute atomic E-state index is 12.3. The molecule has 0 saturated carbocycles. The SMILES string of the molecule is CCN(CC)C(CNC(=NC)N1CCS(=O)(=O)C(C)(C)C1)c1ccsc1. The molecular formula is C18H32N4O2S2. The molecule has 1 N–H and O–H groups in total. The first-order chi connectivity index (χ1) is 12.3. The van der Waals surface area contributed by atoms with Crippen LogP contribution in [0.5, 0.6) is 0 Å². The van der Waals surface area contributed by atoms with Crippen LogP contribution < -0.4 is 5.32 Å². The zero-order valence-electron chi connectivity index (χ0n) is 16.5. The first-order valence-electron chi connectivity index (χ1n) is 9.19. The molecule has 0 amide bonds. The van der Waals surface area contributed by atoms with Gasteiger partial charge in [-0.3, -0.25) is 9.89 Å². The summed E-state index contributed by atoms with van der Waals surface area (Å²) >= 11 is 1.71. The second-order valence-corrected chi connectivity index (χ2v) is 10.7. The molecule has 1 aliphatic heterocycles. The van der Waals surface area contributed by atoms with Crippen LogP contribution in [0.15, 0.2) is 21.8 Å². The molecule has 0 bridgehead atoms. The van der Waals surface area contributed by atoms with Gasteiger partial charge in [0.15, 0.2) is 15.8 Å². The number of hydrogen-bond acceptors (Lipinski definition) is 5. The van der Waals surface area contributed by atoms with E-state index in [1.165, 1.54) is 5.56 Å². The zero-order chi connectivity index (χ0) is 19.4. The Hall–Kier alpha value is -1.12. The van der Waals surface area contributed by atoms with Crippen molar-refractivity contribution in [3.8, 4) is 0 Å². The fourth-order valence-electron chi connectivity index (χ4n) is 3.43. The van der Waals surface area contributed by atoms with E-state index in [9.17, 15) is 8.42 Å². The number of thiophene rings is 1. The average Bonchev–Trinajstić information content (AvgIpc) is 3.12. The van der Waals surface area contributed by atoms with E-state index in [1.54, 1.807) is 32.2 Å². The number of guanidine groups is 1. The molecule has 148 valence electrons. The summed E-state index contributed by atoms with van der Waals surface area (Å²) in [6.45, 7) is 11.6.